The summed E-state index contributed by atoms with van der Waals surface area (Å²) >= 11 is 11.2. The Balaban J connectivity index is 1.95. The number of hydrogen-bond donors (Lipinski definition) is 2. The van der Waals surface area contributed by atoms with Gasteiger partial charge < -0.3 is 18.8 Å². The average molecular weight is 298 g/mol. The number of aromatic amines is 2. The first-order valence-corrected chi connectivity index (χ1v) is 6.86. The molecule has 0 aromatic carbocycles. The van der Waals surface area contributed by atoms with Crippen molar-refractivity contribution >= 4 is 56.4 Å². The molecule has 0 radical (unpaired) electrons. The molecule has 0 spiro atoms. The Morgan fingerprint density at radius 2 is 1.20 bits per heavy atom. The van der Waals surface area contributed by atoms with Crippen molar-refractivity contribution in [1.29, 1.82) is 0 Å². The van der Waals surface area contributed by atoms with Gasteiger partial charge in [0.25, 0.3) is 0 Å². The topological polar surface area (TPSA) is 57.9 Å². The van der Waals surface area contributed by atoms with Crippen LogP contribution < -0.4 is 0 Å². The lowest BCUT2D eigenvalue weighted by Gasteiger charge is -2.11. The molecular formula is C14H6N2O2S2. The van der Waals surface area contributed by atoms with Gasteiger partial charge in [-0.05, 0) is 12.1 Å². The molecule has 0 amide bonds. The van der Waals surface area contributed by atoms with Crippen molar-refractivity contribution in [1.82, 2.24) is 9.97 Å². The molecule has 0 bridgehead atoms. The molecule has 2 N–H and O–H groups in total. The monoisotopic (exact) mass is 298 g/mol. The van der Waals surface area contributed by atoms with Gasteiger partial charge in [0.05, 0.1) is 31.9 Å². The van der Waals surface area contributed by atoms with Crippen LogP contribution in [-0.4, -0.2) is 19.7 Å². The van der Waals surface area contributed by atoms with Crippen molar-refractivity contribution in [2.24, 2.45) is 0 Å². The largest absolute Gasteiger partial charge is 0.453 e. The second kappa shape index (κ2) is 3.28. The molecule has 96 valence electrons. The number of thiocarbonyl (C=S) groups is 2. The Kier molecular flexibility index (Phi) is 1.74. The second-order valence-electron chi connectivity index (χ2n) is 4.70. The van der Waals surface area contributed by atoms with Gasteiger partial charge in [-0.15, -0.1) is 0 Å². The van der Waals surface area contributed by atoms with Gasteiger partial charge in [-0.3, -0.25) is 0 Å². The predicted molar refractivity (Wildman–Crippen MR) is 82.7 cm³/mol. The fraction of sp³-hybridized carbons (Fsp3) is 0. The van der Waals surface area contributed by atoms with Gasteiger partial charge in [0.1, 0.15) is 0 Å². The van der Waals surface area contributed by atoms with E-state index in [9.17, 15) is 0 Å². The first kappa shape index (κ1) is 10.6. The Labute approximate surface area is 122 Å². The molecule has 1 aliphatic carbocycles. The maximum Gasteiger partial charge on any atom is 0.157 e. The van der Waals surface area contributed by atoms with Crippen LogP contribution in [0.2, 0.25) is 0 Å². The lowest BCUT2D eigenvalue weighted by Crippen LogP contribution is -2.16. The van der Waals surface area contributed by atoms with Crippen molar-refractivity contribution in [3.63, 3.8) is 0 Å². The Hall–Kier alpha value is -2.18. The van der Waals surface area contributed by atoms with Crippen molar-refractivity contribution in [3.05, 3.63) is 47.2 Å². The molecule has 4 heterocycles. The summed E-state index contributed by atoms with van der Waals surface area (Å²) in [7, 11) is 0. The minimum absolute atomic E-state index is 0.634. The van der Waals surface area contributed by atoms with Crippen molar-refractivity contribution in [2.75, 3.05) is 0 Å². The van der Waals surface area contributed by atoms with Gasteiger partial charge in [-0.25, -0.2) is 0 Å². The van der Waals surface area contributed by atoms with Gasteiger partial charge in [-0.1, -0.05) is 24.4 Å². The highest BCUT2D eigenvalue weighted by molar-refractivity contribution is 7.82. The molecule has 1 aliphatic rings. The lowest BCUT2D eigenvalue weighted by atomic mass is 9.95. The van der Waals surface area contributed by atoms with Crippen LogP contribution in [0.5, 0.6) is 0 Å². The summed E-state index contributed by atoms with van der Waals surface area (Å²) in [5, 5.41) is 0. The highest BCUT2D eigenvalue weighted by atomic mass is 32.1. The van der Waals surface area contributed by atoms with E-state index < -0.39 is 0 Å². The number of furan rings is 2. The molecule has 0 saturated heterocycles. The maximum atomic E-state index is 5.85. The molecule has 0 atom stereocenters. The molecular weight excluding hydrogens is 292 g/mol. The third-order valence-electron chi connectivity index (χ3n) is 3.66. The molecule has 4 aromatic heterocycles. The van der Waals surface area contributed by atoms with Crippen molar-refractivity contribution in [2.45, 2.75) is 0 Å². The van der Waals surface area contributed by atoms with E-state index in [0.717, 1.165) is 33.3 Å². The normalized spacial score (nSPS) is 14.2. The van der Waals surface area contributed by atoms with Gasteiger partial charge in [0.15, 0.2) is 22.7 Å². The summed E-state index contributed by atoms with van der Waals surface area (Å²) < 4.78 is 11.7. The van der Waals surface area contributed by atoms with Crippen LogP contribution in [0, 0.1) is 0 Å². The summed E-state index contributed by atoms with van der Waals surface area (Å²) in [4.78, 5) is 7.56. The number of nitrogens with one attached hydrogen (secondary N) is 2. The van der Waals surface area contributed by atoms with Crippen LogP contribution >= 0.6 is 24.4 Å². The van der Waals surface area contributed by atoms with Crippen LogP contribution in [-0.2, 0) is 0 Å². The van der Waals surface area contributed by atoms with E-state index in [1.54, 1.807) is 0 Å². The Morgan fingerprint density at radius 1 is 0.750 bits per heavy atom. The quantitative estimate of drug-likeness (QED) is 0.428. The summed E-state index contributed by atoms with van der Waals surface area (Å²) in [5.41, 5.74) is 4.92. The molecule has 0 unspecified atom stereocenters. The predicted octanol–water partition coefficient (Wildman–Crippen LogP) is 3.68. The van der Waals surface area contributed by atoms with E-state index in [2.05, 4.69) is 9.97 Å². The van der Waals surface area contributed by atoms with E-state index in [1.165, 1.54) is 0 Å². The molecule has 0 fully saturated rings. The zero-order valence-corrected chi connectivity index (χ0v) is 11.6. The van der Waals surface area contributed by atoms with Gasteiger partial charge in [0.2, 0.25) is 0 Å². The fourth-order valence-corrected chi connectivity index (χ4v) is 3.48. The molecule has 4 aromatic rings. The van der Waals surface area contributed by atoms with E-state index >= 15 is 0 Å². The van der Waals surface area contributed by atoms with E-state index in [1.807, 2.05) is 24.5 Å². The third-order valence-corrected chi connectivity index (χ3v) is 4.44. The maximum absolute atomic E-state index is 5.85. The van der Waals surface area contributed by atoms with E-state index in [0.29, 0.717) is 21.2 Å². The second-order valence-corrected chi connectivity index (χ2v) is 5.52. The zero-order chi connectivity index (χ0) is 13.4. The highest BCUT2D eigenvalue weighted by Gasteiger charge is 2.35. The number of fused-ring (bicyclic) bond motifs is 6. The van der Waals surface area contributed by atoms with E-state index in [-0.39, 0.29) is 0 Å². The SMILES string of the molecule is S=C1c2oc3cc[nH]c3c2C(=S)c2oc3cc[nH]c3c21. The van der Waals surface area contributed by atoms with Crippen molar-refractivity contribution < 1.29 is 8.83 Å². The fourth-order valence-electron chi connectivity index (χ4n) is 2.80. The third kappa shape index (κ3) is 1.04. The van der Waals surface area contributed by atoms with Gasteiger partial charge in [-0.2, -0.15) is 0 Å². The minimum Gasteiger partial charge on any atom is -0.453 e. The van der Waals surface area contributed by atoms with Crippen LogP contribution in [0.3, 0.4) is 0 Å². The van der Waals surface area contributed by atoms with Crippen LogP contribution in [0.4, 0.5) is 0 Å². The summed E-state index contributed by atoms with van der Waals surface area (Å²) in [6, 6.07) is 3.73. The van der Waals surface area contributed by atoms with Crippen LogP contribution in [0.15, 0.2) is 33.4 Å². The van der Waals surface area contributed by atoms with Gasteiger partial charge in [0, 0.05) is 12.4 Å². The van der Waals surface area contributed by atoms with Gasteiger partial charge >= 0.3 is 0 Å². The Bertz CT molecular complexity index is 959. The number of rotatable bonds is 0. The van der Waals surface area contributed by atoms with Crippen LogP contribution in [0.1, 0.15) is 22.6 Å². The molecule has 5 rings (SSSR count). The smallest absolute Gasteiger partial charge is 0.157 e. The molecule has 20 heavy (non-hydrogen) atoms. The zero-order valence-electron chi connectivity index (χ0n) is 9.94. The molecule has 6 heteroatoms. The van der Waals surface area contributed by atoms with Crippen LogP contribution in [0.25, 0.3) is 22.2 Å². The molecule has 0 saturated carbocycles. The van der Waals surface area contributed by atoms with E-state index in [4.69, 9.17) is 33.3 Å². The Morgan fingerprint density at radius 3 is 1.65 bits per heavy atom. The lowest BCUT2D eigenvalue weighted by molar-refractivity contribution is 0.594. The highest BCUT2D eigenvalue weighted by Crippen LogP contribution is 2.39. The average Bonchev–Trinajstić information content (AvgIpc) is 3.13. The molecule has 4 nitrogen and oxygen atoms in total. The standard InChI is InChI=1S/C14H6N2O2S2/c19-13-7-9-5(1-3-15-9)17-11(7)14(20)8-10-6(2-4-16-10)18-12(8)13/h1-4,15-16H. The number of aromatic nitrogens is 2. The first-order chi connectivity index (χ1) is 9.75. The molecule has 0 aliphatic heterocycles. The first-order valence-electron chi connectivity index (χ1n) is 6.05. The summed E-state index contributed by atoms with van der Waals surface area (Å²) in [5.74, 6) is 1.30. The number of H-pyrrole nitrogens is 2. The minimum atomic E-state index is 0.634. The summed E-state index contributed by atoms with van der Waals surface area (Å²) in [6.07, 6.45) is 3.64. The number of hydrogen-bond acceptors (Lipinski definition) is 4. The summed E-state index contributed by atoms with van der Waals surface area (Å²) in [6.45, 7) is 0. The van der Waals surface area contributed by atoms with Crippen molar-refractivity contribution in [3.8, 4) is 0 Å².